The van der Waals surface area contributed by atoms with Crippen LogP contribution in [0.5, 0.6) is 0 Å². The number of aromatic nitrogens is 2. The molecule has 1 heterocycles. The van der Waals surface area contributed by atoms with Crippen molar-refractivity contribution in [1.29, 1.82) is 0 Å². The van der Waals surface area contributed by atoms with E-state index >= 15 is 0 Å². The van der Waals surface area contributed by atoms with E-state index in [0.29, 0.717) is 5.09 Å². The van der Waals surface area contributed by atoms with Crippen molar-refractivity contribution in [2.24, 2.45) is 0 Å². The van der Waals surface area contributed by atoms with Crippen molar-refractivity contribution in [2.45, 2.75) is 0 Å². The van der Waals surface area contributed by atoms with E-state index in [1.54, 1.807) is 0 Å². The summed E-state index contributed by atoms with van der Waals surface area (Å²) in [5, 5.41) is 3.92. The van der Waals surface area contributed by atoms with Crippen molar-refractivity contribution in [3.63, 3.8) is 0 Å². The zero-order valence-electron chi connectivity index (χ0n) is 5.77. The Hall–Kier alpha value is -0.310. The van der Waals surface area contributed by atoms with Crippen LogP contribution in [0.15, 0.2) is 16.8 Å². The van der Waals surface area contributed by atoms with E-state index in [4.69, 9.17) is 4.15 Å². The number of aromatic amines is 1. The van der Waals surface area contributed by atoms with Crippen molar-refractivity contribution in [3.8, 4) is 0 Å². The van der Waals surface area contributed by atoms with E-state index in [0.717, 1.165) is 0 Å². The van der Waals surface area contributed by atoms with Crippen LogP contribution in [0.3, 0.4) is 0 Å². The predicted octanol–water partition coefficient (Wildman–Crippen LogP) is 1.17. The Balaban J connectivity index is 3.29. The van der Waals surface area contributed by atoms with Crippen molar-refractivity contribution in [2.75, 3.05) is 0 Å². The first-order valence-electron chi connectivity index (χ1n) is 2.78. The highest BCUT2D eigenvalue weighted by Gasteiger charge is 1.77. The van der Waals surface area contributed by atoms with Gasteiger partial charge < -0.3 is 0 Å². The SMILES string of the molecule is [2H]c1nn([2H])c([2H])c1Br. The molecule has 0 spiro atoms. The third-order valence-electron chi connectivity index (χ3n) is 0.346. The number of rotatable bonds is 0. The van der Waals surface area contributed by atoms with E-state index in [1.165, 1.54) is 0 Å². The van der Waals surface area contributed by atoms with Gasteiger partial charge in [-0.3, -0.25) is 5.09 Å². The molecule has 6 heavy (non-hydrogen) atoms. The highest BCUT2D eigenvalue weighted by molar-refractivity contribution is 9.10. The fraction of sp³-hybridized carbons (Fsp3) is 0. The zero-order valence-corrected chi connectivity index (χ0v) is 4.36. The minimum Gasteiger partial charge on any atom is -0.285 e. The van der Waals surface area contributed by atoms with Crippen molar-refractivity contribution >= 4 is 15.9 Å². The largest absolute Gasteiger partial charge is 0.285 e. The molecule has 1 N–H and O–H groups in total. The zero-order chi connectivity index (χ0) is 7.02. The molecule has 0 bridgehead atoms. The summed E-state index contributed by atoms with van der Waals surface area (Å²) in [6, 6.07) is 0. The number of hydrogen-bond donors (Lipinski definition) is 1. The average molecular weight is 150 g/mol. The number of halogens is 1. The van der Waals surface area contributed by atoms with Gasteiger partial charge >= 0.3 is 0 Å². The van der Waals surface area contributed by atoms with Crippen LogP contribution in [0.25, 0.3) is 0 Å². The molecule has 1 aromatic heterocycles. The molecule has 0 saturated heterocycles. The fourth-order valence-electron chi connectivity index (χ4n) is 0.163. The Morgan fingerprint density at radius 2 is 3.17 bits per heavy atom. The van der Waals surface area contributed by atoms with Crippen LogP contribution < -0.4 is 0 Å². The van der Waals surface area contributed by atoms with Gasteiger partial charge in [0.2, 0.25) is 0 Å². The molecule has 0 aliphatic rings. The maximum atomic E-state index is 7.01. The van der Waals surface area contributed by atoms with E-state index in [-0.39, 0.29) is 16.8 Å². The van der Waals surface area contributed by atoms with E-state index in [2.05, 4.69) is 21.0 Å². The second-order valence-electron chi connectivity index (χ2n) is 0.738. The quantitative estimate of drug-likeness (QED) is 0.590. The highest BCUT2D eigenvalue weighted by atomic mass is 79.9. The Morgan fingerprint density at radius 3 is 3.33 bits per heavy atom. The van der Waals surface area contributed by atoms with Crippen LogP contribution in [0.4, 0.5) is 0 Å². The van der Waals surface area contributed by atoms with Crippen molar-refractivity contribution in [3.05, 3.63) is 16.8 Å². The van der Waals surface area contributed by atoms with Gasteiger partial charge in [-0.05, 0) is 15.9 Å². The molecule has 0 aliphatic heterocycles. The van der Waals surface area contributed by atoms with Crippen LogP contribution in [-0.4, -0.2) is 10.2 Å². The van der Waals surface area contributed by atoms with Gasteiger partial charge in [-0.25, -0.2) is 0 Å². The van der Waals surface area contributed by atoms with E-state index < -0.39 is 0 Å². The third kappa shape index (κ3) is 0.597. The van der Waals surface area contributed by atoms with Gasteiger partial charge in [0.25, 0.3) is 0 Å². The van der Waals surface area contributed by atoms with Gasteiger partial charge in [0.1, 0.15) is 0 Å². The van der Waals surface area contributed by atoms with Crippen LogP contribution >= 0.6 is 15.9 Å². The molecule has 32 valence electrons. The summed E-state index contributed by atoms with van der Waals surface area (Å²) < 4.78 is 21.1. The number of hydrogen-bond acceptors (Lipinski definition) is 1. The second-order valence-corrected chi connectivity index (χ2v) is 1.53. The van der Waals surface area contributed by atoms with Crippen molar-refractivity contribution in [1.82, 2.24) is 10.2 Å². The highest BCUT2D eigenvalue weighted by Crippen LogP contribution is 2.01. The molecule has 0 unspecified atom stereocenters. The summed E-state index contributed by atoms with van der Waals surface area (Å²) in [5.74, 6) is 0. The normalized spacial score (nSPS) is 15.8. The van der Waals surface area contributed by atoms with E-state index in [1.807, 2.05) is 0 Å². The summed E-state index contributed by atoms with van der Waals surface area (Å²) in [6.07, 6.45) is -0.171. The topological polar surface area (TPSA) is 28.7 Å². The number of nitrogens with zero attached hydrogens (tertiary/aromatic N) is 1. The summed E-state index contributed by atoms with van der Waals surface area (Å²) in [5.41, 5.74) is 0. The summed E-state index contributed by atoms with van der Waals surface area (Å²) in [6.45, 7) is 0. The molecule has 0 saturated carbocycles. The monoisotopic (exact) mass is 149 g/mol. The van der Waals surface area contributed by atoms with Crippen LogP contribution in [0, 0.1) is 0 Å². The Kier molecular flexibility index (Phi) is 0.394. The summed E-state index contributed by atoms with van der Waals surface area (Å²) in [4.78, 5) is 0. The fourth-order valence-corrected chi connectivity index (χ4v) is 0.321. The van der Waals surface area contributed by atoms with E-state index in [9.17, 15) is 0 Å². The third-order valence-corrected chi connectivity index (χ3v) is 0.701. The maximum absolute atomic E-state index is 7.01. The smallest absolute Gasteiger partial charge is 0.189 e. The molecule has 0 aliphatic carbocycles. The molecule has 0 fully saturated rings. The average Bonchev–Trinajstić information content (AvgIpc) is 1.98. The van der Waals surface area contributed by atoms with Crippen LogP contribution in [0.2, 0.25) is 1.41 Å². The summed E-state index contributed by atoms with van der Waals surface area (Å²) in [7, 11) is 0. The van der Waals surface area contributed by atoms with Gasteiger partial charge in [0.05, 0.1) is 13.4 Å². The van der Waals surface area contributed by atoms with Gasteiger partial charge in [-0.15, -0.1) is 0 Å². The lowest BCUT2D eigenvalue weighted by atomic mass is 10.8. The molecule has 0 aromatic carbocycles. The molecular weight excluding hydrogens is 144 g/mol. The molecule has 0 radical (unpaired) electrons. The molecule has 1 aromatic rings. The lowest BCUT2D eigenvalue weighted by Gasteiger charge is -1.59. The maximum Gasteiger partial charge on any atom is 0.189 e. The lowest BCUT2D eigenvalue weighted by Crippen LogP contribution is -1.53. The first kappa shape index (κ1) is 1.66. The first-order chi connectivity index (χ1) is 4.13. The van der Waals surface area contributed by atoms with Gasteiger partial charge in [-0.2, -0.15) is 5.10 Å². The standard InChI is InChI=1S/C3H3BrN2/c4-3-1-5-6-2-3/h1-2H,(H,5,6)/i1D,2D/hD. The molecule has 1 rings (SSSR count). The van der Waals surface area contributed by atoms with Crippen molar-refractivity contribution < 1.29 is 4.15 Å². The molecule has 2 nitrogen and oxygen atoms in total. The molecule has 3 heteroatoms. The second kappa shape index (κ2) is 1.43. The minimum atomic E-state index is -0.0972. The minimum absolute atomic E-state index is 0.0741. The molecule has 0 atom stereocenters. The Morgan fingerprint density at radius 1 is 2.33 bits per heavy atom. The predicted molar refractivity (Wildman–Crippen MR) is 26.3 cm³/mol. The Labute approximate surface area is 48.0 Å². The van der Waals surface area contributed by atoms with Crippen LogP contribution in [0.1, 0.15) is 2.74 Å². The molecular formula is C3H3BrN2. The molecule has 0 amide bonds. The lowest BCUT2D eigenvalue weighted by molar-refractivity contribution is 1.09. The van der Waals surface area contributed by atoms with Gasteiger partial charge in [0.15, 0.2) is 1.41 Å². The Bertz CT molecular complexity index is 211. The first-order valence-corrected chi connectivity index (χ1v) is 2.13. The van der Waals surface area contributed by atoms with Gasteiger partial charge in [0, 0.05) is 6.17 Å². The number of H-pyrrole nitrogens is 1. The van der Waals surface area contributed by atoms with Crippen LogP contribution in [-0.2, 0) is 0 Å². The van der Waals surface area contributed by atoms with Gasteiger partial charge in [-0.1, -0.05) is 0 Å². The summed E-state index contributed by atoms with van der Waals surface area (Å²) >= 11 is 2.92. The number of nitrogens with one attached hydrogen (secondary N) is 1.